The Kier molecular flexibility index (Phi) is 5.08. The van der Waals surface area contributed by atoms with Gasteiger partial charge in [-0.25, -0.2) is 9.78 Å². The molecule has 0 saturated carbocycles. The van der Waals surface area contributed by atoms with Gasteiger partial charge in [0.15, 0.2) is 0 Å². The molecule has 3 rings (SSSR count). The molecule has 0 spiro atoms. The summed E-state index contributed by atoms with van der Waals surface area (Å²) in [5, 5.41) is 9.89. The van der Waals surface area contributed by atoms with Crippen molar-refractivity contribution < 1.29 is 14.6 Å². The topological polar surface area (TPSA) is 64.3 Å². The zero-order valence-electron chi connectivity index (χ0n) is 14.1. The Morgan fingerprint density at radius 2 is 2.12 bits per heavy atom. The molecule has 0 aliphatic rings. The highest BCUT2D eigenvalue weighted by Gasteiger charge is 2.11. The van der Waals surface area contributed by atoms with Crippen LogP contribution in [-0.2, 0) is 6.54 Å². The largest absolute Gasteiger partial charge is 0.493 e. The predicted octanol–water partition coefficient (Wildman–Crippen LogP) is 4.58. The van der Waals surface area contributed by atoms with Crippen LogP contribution < -0.4 is 4.74 Å². The van der Waals surface area contributed by atoms with Gasteiger partial charge in [-0.3, -0.25) is 0 Å². The molecule has 0 aliphatic carbocycles. The van der Waals surface area contributed by atoms with Gasteiger partial charge < -0.3 is 14.4 Å². The van der Waals surface area contributed by atoms with Crippen LogP contribution in [0.2, 0.25) is 0 Å². The van der Waals surface area contributed by atoms with Crippen LogP contribution in [0.15, 0.2) is 47.2 Å². The number of halogens is 1. The number of nitrogens with zero attached hydrogens (tertiary/aromatic N) is 2. The van der Waals surface area contributed by atoms with Crippen molar-refractivity contribution in [2.75, 3.05) is 6.61 Å². The number of hydrogen-bond acceptors (Lipinski definition) is 3. The number of aromatic nitrogens is 2. The Labute approximate surface area is 154 Å². The number of carboxylic acid groups (broad SMARTS) is 1. The normalized spacial score (nSPS) is 11.2. The lowest BCUT2D eigenvalue weighted by Crippen LogP contribution is -2.08. The fourth-order valence-electron chi connectivity index (χ4n) is 2.57. The molecule has 1 N–H and O–H groups in total. The van der Waals surface area contributed by atoms with Crippen molar-refractivity contribution in [1.29, 1.82) is 0 Å². The molecule has 6 heteroatoms. The molecule has 0 amide bonds. The number of ether oxygens (including phenoxy) is 1. The summed E-state index contributed by atoms with van der Waals surface area (Å²) in [6.07, 6.45) is 3.30. The summed E-state index contributed by atoms with van der Waals surface area (Å²) in [7, 11) is 0. The van der Waals surface area contributed by atoms with Crippen molar-refractivity contribution in [2.24, 2.45) is 5.92 Å². The Bertz CT molecular complexity index is 918. The first kappa shape index (κ1) is 17.5. The molecule has 0 saturated heterocycles. The maximum atomic E-state index is 11.1. The second-order valence-electron chi connectivity index (χ2n) is 6.34. The zero-order chi connectivity index (χ0) is 18.0. The maximum absolute atomic E-state index is 11.1. The van der Waals surface area contributed by atoms with E-state index in [0.717, 1.165) is 26.8 Å². The van der Waals surface area contributed by atoms with Crippen molar-refractivity contribution in [1.82, 2.24) is 9.55 Å². The van der Waals surface area contributed by atoms with Crippen LogP contribution in [0.3, 0.4) is 0 Å². The molecule has 0 radical (unpaired) electrons. The Hall–Kier alpha value is -2.34. The quantitative estimate of drug-likeness (QED) is 0.655. The third kappa shape index (κ3) is 4.02. The van der Waals surface area contributed by atoms with Crippen LogP contribution in [0, 0.1) is 5.92 Å². The average molecular weight is 403 g/mol. The van der Waals surface area contributed by atoms with E-state index in [4.69, 9.17) is 9.84 Å². The summed E-state index contributed by atoms with van der Waals surface area (Å²) in [6, 6.07) is 9.47. The van der Waals surface area contributed by atoms with Crippen LogP contribution in [-0.4, -0.2) is 27.2 Å². The Balaban J connectivity index is 1.93. The molecule has 0 bridgehead atoms. The first-order valence-electron chi connectivity index (χ1n) is 8.03. The second-order valence-corrected chi connectivity index (χ2v) is 7.26. The zero-order valence-corrected chi connectivity index (χ0v) is 15.7. The highest BCUT2D eigenvalue weighted by molar-refractivity contribution is 9.10. The molecule has 130 valence electrons. The van der Waals surface area contributed by atoms with Gasteiger partial charge in [-0.15, -0.1) is 0 Å². The molecule has 3 aromatic rings. The van der Waals surface area contributed by atoms with Gasteiger partial charge in [-0.05, 0) is 36.2 Å². The number of fused-ring (bicyclic) bond motifs is 1. The highest BCUT2D eigenvalue weighted by Crippen LogP contribution is 2.26. The lowest BCUT2D eigenvalue weighted by molar-refractivity contribution is 0.0696. The predicted molar refractivity (Wildman–Crippen MR) is 100 cm³/mol. The molecule has 0 unspecified atom stereocenters. The molecular formula is C19H19BrN2O3. The summed E-state index contributed by atoms with van der Waals surface area (Å²) in [5.41, 5.74) is 1.98. The number of pyridine rings is 1. The fraction of sp³-hybridized carbons (Fsp3) is 0.263. The Morgan fingerprint density at radius 3 is 2.84 bits per heavy atom. The van der Waals surface area contributed by atoms with Gasteiger partial charge >= 0.3 is 5.97 Å². The minimum absolute atomic E-state index is 0.189. The van der Waals surface area contributed by atoms with E-state index in [1.54, 1.807) is 6.07 Å². The van der Waals surface area contributed by atoms with Crippen LogP contribution in [0.1, 0.15) is 29.8 Å². The van der Waals surface area contributed by atoms with Crippen molar-refractivity contribution in [2.45, 2.75) is 20.4 Å². The lowest BCUT2D eigenvalue weighted by Gasteiger charge is -2.14. The van der Waals surface area contributed by atoms with E-state index >= 15 is 0 Å². The fourth-order valence-corrected chi connectivity index (χ4v) is 2.98. The van der Waals surface area contributed by atoms with Crippen LogP contribution >= 0.6 is 15.9 Å². The number of benzene rings is 1. The van der Waals surface area contributed by atoms with Gasteiger partial charge in [0.25, 0.3) is 0 Å². The van der Waals surface area contributed by atoms with E-state index in [9.17, 15) is 4.79 Å². The molecular weight excluding hydrogens is 384 g/mol. The highest BCUT2D eigenvalue weighted by atomic mass is 79.9. The van der Waals surface area contributed by atoms with E-state index in [2.05, 4.69) is 34.8 Å². The van der Waals surface area contributed by atoms with Crippen LogP contribution in [0.25, 0.3) is 11.0 Å². The van der Waals surface area contributed by atoms with Gasteiger partial charge in [0.2, 0.25) is 0 Å². The first-order valence-corrected chi connectivity index (χ1v) is 8.82. The van der Waals surface area contributed by atoms with Gasteiger partial charge in [0.1, 0.15) is 11.4 Å². The van der Waals surface area contributed by atoms with Crippen molar-refractivity contribution in [3.63, 3.8) is 0 Å². The molecule has 25 heavy (non-hydrogen) atoms. The SMILES string of the molecule is CC(C)COc1ccc(Br)cc1Cn1ccc2cc(C(=O)O)cnc21. The number of carbonyl (C=O) groups is 1. The third-order valence-electron chi connectivity index (χ3n) is 3.78. The van der Waals surface area contributed by atoms with E-state index in [0.29, 0.717) is 19.1 Å². The van der Waals surface area contributed by atoms with Crippen molar-refractivity contribution in [3.05, 3.63) is 58.3 Å². The van der Waals surface area contributed by atoms with Gasteiger partial charge in [0, 0.05) is 27.8 Å². The van der Waals surface area contributed by atoms with Gasteiger partial charge in [0.05, 0.1) is 18.7 Å². The number of hydrogen-bond donors (Lipinski definition) is 1. The summed E-state index contributed by atoms with van der Waals surface area (Å²) < 4.78 is 8.91. The van der Waals surface area contributed by atoms with Crippen molar-refractivity contribution in [3.8, 4) is 5.75 Å². The molecule has 0 atom stereocenters. The van der Waals surface area contributed by atoms with E-state index in [1.807, 2.05) is 35.0 Å². The molecule has 2 heterocycles. The van der Waals surface area contributed by atoms with Crippen LogP contribution in [0.4, 0.5) is 0 Å². The first-order chi connectivity index (χ1) is 11.9. The van der Waals surface area contributed by atoms with Crippen LogP contribution in [0.5, 0.6) is 5.75 Å². The smallest absolute Gasteiger partial charge is 0.337 e. The van der Waals surface area contributed by atoms with E-state index in [-0.39, 0.29) is 5.56 Å². The van der Waals surface area contributed by atoms with Gasteiger partial charge in [-0.1, -0.05) is 29.8 Å². The summed E-state index contributed by atoms with van der Waals surface area (Å²) in [5.74, 6) is 0.319. The maximum Gasteiger partial charge on any atom is 0.337 e. The van der Waals surface area contributed by atoms with Crippen molar-refractivity contribution >= 4 is 32.9 Å². The monoisotopic (exact) mass is 402 g/mol. The molecule has 1 aromatic carbocycles. The number of carboxylic acids is 1. The minimum atomic E-state index is -0.974. The number of aromatic carboxylic acids is 1. The number of rotatable bonds is 6. The average Bonchev–Trinajstić information content (AvgIpc) is 2.96. The summed E-state index contributed by atoms with van der Waals surface area (Å²) >= 11 is 3.51. The van der Waals surface area contributed by atoms with Gasteiger partial charge in [-0.2, -0.15) is 0 Å². The Morgan fingerprint density at radius 1 is 1.32 bits per heavy atom. The molecule has 2 aromatic heterocycles. The van der Waals surface area contributed by atoms with E-state index < -0.39 is 5.97 Å². The summed E-state index contributed by atoms with van der Waals surface area (Å²) in [4.78, 5) is 15.4. The third-order valence-corrected chi connectivity index (χ3v) is 4.28. The minimum Gasteiger partial charge on any atom is -0.493 e. The molecule has 5 nitrogen and oxygen atoms in total. The second kappa shape index (κ2) is 7.27. The van der Waals surface area contributed by atoms with E-state index in [1.165, 1.54) is 6.20 Å². The lowest BCUT2D eigenvalue weighted by atomic mass is 10.2. The molecule has 0 fully saturated rings. The summed E-state index contributed by atoms with van der Waals surface area (Å²) in [6.45, 7) is 5.47. The molecule has 0 aliphatic heterocycles. The standard InChI is InChI=1S/C19H19BrN2O3/c1-12(2)11-25-17-4-3-16(20)8-15(17)10-22-6-5-13-7-14(19(23)24)9-21-18(13)22/h3-9,12H,10-11H2,1-2H3,(H,23,24).